The molecule has 4 rings (SSSR count). The molecule has 1 unspecified atom stereocenters. The molecule has 2 aromatic rings. The van der Waals surface area contributed by atoms with Gasteiger partial charge in [0.05, 0.1) is 25.0 Å². The highest BCUT2D eigenvalue weighted by Gasteiger charge is 2.27. The van der Waals surface area contributed by atoms with Crippen LogP contribution in [0.2, 0.25) is 0 Å². The number of thioether (sulfide) groups is 1. The second-order valence-corrected chi connectivity index (χ2v) is 8.62. The van der Waals surface area contributed by atoms with Gasteiger partial charge in [-0.2, -0.15) is 16.9 Å². The number of oxazole rings is 1. The van der Waals surface area contributed by atoms with E-state index in [9.17, 15) is 4.79 Å². The molecule has 2 aliphatic heterocycles. The Balaban J connectivity index is 1.47. The molecule has 0 amide bonds. The van der Waals surface area contributed by atoms with E-state index < -0.39 is 0 Å². The third-order valence-corrected chi connectivity index (χ3v) is 6.27. The maximum Gasteiger partial charge on any atom is 0.267 e. The van der Waals surface area contributed by atoms with Crippen LogP contribution in [0.4, 0.5) is 0 Å². The van der Waals surface area contributed by atoms with Crippen LogP contribution < -0.4 is 5.56 Å². The van der Waals surface area contributed by atoms with Crippen LogP contribution in [0.25, 0.3) is 0 Å². The summed E-state index contributed by atoms with van der Waals surface area (Å²) in [5, 5.41) is 4.67. The van der Waals surface area contributed by atoms with Crippen LogP contribution in [0.1, 0.15) is 55.5 Å². The average Bonchev–Trinajstić information content (AvgIpc) is 3.26. The van der Waals surface area contributed by atoms with Crippen molar-refractivity contribution in [2.75, 3.05) is 12.3 Å². The minimum Gasteiger partial charge on any atom is -0.444 e. The van der Waals surface area contributed by atoms with Crippen molar-refractivity contribution >= 4 is 11.8 Å². The van der Waals surface area contributed by atoms with Crippen molar-refractivity contribution in [2.45, 2.75) is 63.9 Å². The molecule has 0 N–H and O–H groups in total. The second-order valence-electron chi connectivity index (χ2n) is 7.52. The average molecular weight is 375 g/mol. The number of fused-ring (bicyclic) bond motifs is 1. The molecule has 26 heavy (non-hydrogen) atoms. The van der Waals surface area contributed by atoms with E-state index in [1.54, 1.807) is 10.7 Å². The highest BCUT2D eigenvalue weighted by Crippen LogP contribution is 2.24. The number of nitrogens with zero attached hydrogens (tertiary/aromatic N) is 4. The van der Waals surface area contributed by atoms with E-state index in [0.717, 1.165) is 60.2 Å². The van der Waals surface area contributed by atoms with Crippen molar-refractivity contribution in [1.29, 1.82) is 0 Å². The van der Waals surface area contributed by atoms with E-state index in [-0.39, 0.29) is 5.56 Å². The molecule has 1 atom stereocenters. The fourth-order valence-electron chi connectivity index (χ4n) is 3.73. The summed E-state index contributed by atoms with van der Waals surface area (Å²) in [6.07, 6.45) is 5.01. The number of aryl methyl sites for hydroxylation is 1. The van der Waals surface area contributed by atoms with Gasteiger partial charge in [0.2, 0.25) is 5.89 Å². The molecule has 0 aromatic carbocycles. The standard InChI is InChI=1S/C19H26N4O2S/c1-13(2)17-9-20-18(25-17)11-22-6-3-4-15(22)10-23-19(24)8-14-12-26-7-5-16(14)21-23/h8-9,13,15H,3-7,10-12H2,1-2H3. The Hall–Kier alpha value is -1.60. The van der Waals surface area contributed by atoms with Crippen molar-refractivity contribution in [3.8, 4) is 0 Å². The lowest BCUT2D eigenvalue weighted by Gasteiger charge is -2.24. The summed E-state index contributed by atoms with van der Waals surface area (Å²) in [4.78, 5) is 19.3. The highest BCUT2D eigenvalue weighted by atomic mass is 32.2. The van der Waals surface area contributed by atoms with Gasteiger partial charge < -0.3 is 4.42 Å². The minimum atomic E-state index is 0.0244. The third kappa shape index (κ3) is 3.74. The van der Waals surface area contributed by atoms with Crippen LogP contribution in [0.15, 0.2) is 21.5 Å². The van der Waals surface area contributed by atoms with Gasteiger partial charge >= 0.3 is 0 Å². The summed E-state index contributed by atoms with van der Waals surface area (Å²) in [7, 11) is 0. The van der Waals surface area contributed by atoms with E-state index in [0.29, 0.717) is 25.0 Å². The van der Waals surface area contributed by atoms with Crippen molar-refractivity contribution in [3.05, 3.63) is 45.5 Å². The predicted octanol–water partition coefficient (Wildman–Crippen LogP) is 2.81. The van der Waals surface area contributed by atoms with Gasteiger partial charge in [-0.25, -0.2) is 9.67 Å². The van der Waals surface area contributed by atoms with Gasteiger partial charge in [-0.15, -0.1) is 0 Å². The van der Waals surface area contributed by atoms with Gasteiger partial charge in [0.1, 0.15) is 5.76 Å². The lowest BCUT2D eigenvalue weighted by atomic mass is 10.2. The summed E-state index contributed by atoms with van der Waals surface area (Å²) < 4.78 is 7.54. The summed E-state index contributed by atoms with van der Waals surface area (Å²) in [5.74, 6) is 4.05. The zero-order chi connectivity index (χ0) is 18.1. The van der Waals surface area contributed by atoms with E-state index >= 15 is 0 Å². The summed E-state index contributed by atoms with van der Waals surface area (Å²) in [5.41, 5.74) is 2.24. The smallest absolute Gasteiger partial charge is 0.267 e. The van der Waals surface area contributed by atoms with Crippen LogP contribution in [0.5, 0.6) is 0 Å². The Morgan fingerprint density at radius 1 is 1.42 bits per heavy atom. The fourth-order valence-corrected chi connectivity index (χ4v) is 4.68. The number of likely N-dealkylation sites (tertiary alicyclic amines) is 1. The Labute approximate surface area is 158 Å². The quantitative estimate of drug-likeness (QED) is 0.802. The largest absolute Gasteiger partial charge is 0.444 e. The molecule has 0 spiro atoms. The molecular weight excluding hydrogens is 348 g/mol. The normalized spacial score (nSPS) is 20.7. The fraction of sp³-hybridized carbons (Fsp3) is 0.632. The van der Waals surface area contributed by atoms with Crippen LogP contribution >= 0.6 is 11.8 Å². The lowest BCUT2D eigenvalue weighted by Crippen LogP contribution is -2.37. The minimum absolute atomic E-state index is 0.0244. The van der Waals surface area contributed by atoms with Gasteiger partial charge in [-0.3, -0.25) is 9.69 Å². The van der Waals surface area contributed by atoms with Gasteiger partial charge in [0, 0.05) is 30.2 Å². The van der Waals surface area contributed by atoms with Crippen LogP contribution in [0, 0.1) is 0 Å². The molecule has 2 aromatic heterocycles. The van der Waals surface area contributed by atoms with E-state index in [2.05, 4.69) is 28.8 Å². The van der Waals surface area contributed by atoms with Crippen LogP contribution in [-0.4, -0.2) is 38.0 Å². The molecular formula is C19H26N4O2S. The van der Waals surface area contributed by atoms with Crippen LogP contribution in [-0.2, 0) is 25.3 Å². The maximum atomic E-state index is 12.5. The Morgan fingerprint density at radius 2 is 2.31 bits per heavy atom. The van der Waals surface area contributed by atoms with Crippen molar-refractivity contribution in [1.82, 2.24) is 19.7 Å². The maximum absolute atomic E-state index is 12.5. The zero-order valence-electron chi connectivity index (χ0n) is 15.5. The van der Waals surface area contributed by atoms with E-state index in [1.165, 1.54) is 0 Å². The summed E-state index contributed by atoms with van der Waals surface area (Å²) >= 11 is 1.88. The van der Waals surface area contributed by atoms with Gasteiger partial charge in [-0.05, 0) is 30.7 Å². The Kier molecular flexibility index (Phi) is 5.18. The highest BCUT2D eigenvalue weighted by molar-refractivity contribution is 7.98. The van der Waals surface area contributed by atoms with Gasteiger partial charge in [0.15, 0.2) is 0 Å². The first-order chi connectivity index (χ1) is 12.6. The molecule has 1 saturated heterocycles. The van der Waals surface area contributed by atoms with Gasteiger partial charge in [-0.1, -0.05) is 13.8 Å². The summed E-state index contributed by atoms with van der Waals surface area (Å²) in [6.45, 7) is 6.58. The number of aromatic nitrogens is 3. The number of rotatable bonds is 5. The Bertz CT molecular complexity index is 829. The zero-order valence-corrected chi connectivity index (χ0v) is 16.3. The predicted molar refractivity (Wildman–Crippen MR) is 102 cm³/mol. The Morgan fingerprint density at radius 3 is 3.12 bits per heavy atom. The lowest BCUT2D eigenvalue weighted by molar-refractivity contribution is 0.195. The molecule has 0 bridgehead atoms. The SMILES string of the molecule is CC(C)c1cnc(CN2CCCC2Cn2nc3c(cc2=O)CSCC3)o1. The van der Waals surface area contributed by atoms with Crippen molar-refractivity contribution in [2.24, 2.45) is 0 Å². The van der Waals surface area contributed by atoms with E-state index in [1.807, 2.05) is 18.0 Å². The first kappa shape index (κ1) is 17.8. The molecule has 6 nitrogen and oxygen atoms in total. The number of hydrogen-bond acceptors (Lipinski definition) is 6. The molecule has 140 valence electrons. The van der Waals surface area contributed by atoms with Crippen LogP contribution in [0.3, 0.4) is 0 Å². The molecule has 7 heteroatoms. The molecule has 0 saturated carbocycles. The van der Waals surface area contributed by atoms with Gasteiger partial charge in [0.25, 0.3) is 5.56 Å². The topological polar surface area (TPSA) is 64.2 Å². The van der Waals surface area contributed by atoms with Crippen molar-refractivity contribution in [3.63, 3.8) is 0 Å². The van der Waals surface area contributed by atoms with E-state index in [4.69, 9.17) is 4.42 Å². The third-order valence-electron chi connectivity index (χ3n) is 5.27. The second kappa shape index (κ2) is 7.56. The first-order valence-corrected chi connectivity index (χ1v) is 10.6. The molecule has 1 fully saturated rings. The molecule has 0 aliphatic carbocycles. The number of hydrogen-bond donors (Lipinski definition) is 0. The first-order valence-electron chi connectivity index (χ1n) is 9.46. The van der Waals surface area contributed by atoms with Crippen molar-refractivity contribution < 1.29 is 4.42 Å². The molecule has 0 radical (unpaired) electrons. The molecule has 4 heterocycles. The summed E-state index contributed by atoms with van der Waals surface area (Å²) in [6, 6.07) is 2.10. The molecule has 2 aliphatic rings. The monoisotopic (exact) mass is 374 g/mol.